The van der Waals surface area contributed by atoms with Crippen molar-refractivity contribution >= 4 is 34.2 Å². The smallest absolute Gasteiger partial charge is 0.331 e. The van der Waals surface area contributed by atoms with Crippen molar-refractivity contribution < 1.29 is 23.1 Å². The Bertz CT molecular complexity index is 1710. The largest absolute Gasteiger partial charge is 0.365 e. The molecule has 0 radical (unpaired) electrons. The van der Waals surface area contributed by atoms with E-state index in [0.717, 1.165) is 12.8 Å². The average molecular weight is 567 g/mol. The van der Waals surface area contributed by atoms with E-state index in [1.165, 1.54) is 21.6 Å². The van der Waals surface area contributed by atoms with Crippen molar-refractivity contribution in [1.82, 2.24) is 14.0 Å². The first-order valence-corrected chi connectivity index (χ1v) is 13.2. The molecule has 1 saturated carbocycles. The fourth-order valence-corrected chi connectivity index (χ4v) is 4.82. The molecule has 1 atom stereocenters. The van der Waals surface area contributed by atoms with Crippen LogP contribution in [0.2, 0.25) is 0 Å². The standard InChI is InChI=1S/C28H28F2N6O5/c1-15(2)36-23-6-5-18(10-19(23)26(38)35(28(36)40)13-16-3-4-16)32-27(39)34-7-8-41-24(14-34)25(37)33-22-11-20(29)17(12-31)9-21(22)30/h5-6,9-11,15-16,24H,3-4,7-8,13-14H2,1-2H3,(H,32,39)(H,33,37). The van der Waals surface area contributed by atoms with E-state index in [-0.39, 0.29) is 31.4 Å². The molecule has 11 nitrogen and oxygen atoms in total. The van der Waals surface area contributed by atoms with Gasteiger partial charge in [0.2, 0.25) is 0 Å². The third-order valence-electron chi connectivity index (χ3n) is 7.16. The number of aromatic nitrogens is 2. The first-order chi connectivity index (χ1) is 19.6. The Morgan fingerprint density at radius 3 is 2.56 bits per heavy atom. The highest BCUT2D eigenvalue weighted by atomic mass is 19.1. The van der Waals surface area contributed by atoms with Gasteiger partial charge in [0.15, 0.2) is 6.10 Å². The van der Waals surface area contributed by atoms with Gasteiger partial charge in [-0.2, -0.15) is 5.26 Å². The predicted octanol–water partition coefficient (Wildman–Crippen LogP) is 3.18. The normalized spacial score (nSPS) is 17.0. The van der Waals surface area contributed by atoms with Gasteiger partial charge in [-0.25, -0.2) is 18.4 Å². The molecule has 1 saturated heterocycles. The third-order valence-corrected chi connectivity index (χ3v) is 7.16. The number of hydrogen-bond acceptors (Lipinski definition) is 6. The second kappa shape index (κ2) is 11.1. The van der Waals surface area contributed by atoms with Crippen molar-refractivity contribution in [3.8, 4) is 6.07 Å². The summed E-state index contributed by atoms with van der Waals surface area (Å²) in [6.45, 7) is 4.07. The van der Waals surface area contributed by atoms with Gasteiger partial charge in [0.05, 0.1) is 35.3 Å². The maximum Gasteiger partial charge on any atom is 0.331 e. The van der Waals surface area contributed by atoms with Crippen LogP contribution in [-0.2, 0) is 16.1 Å². The molecule has 41 heavy (non-hydrogen) atoms. The second-order valence-electron chi connectivity index (χ2n) is 10.5. The van der Waals surface area contributed by atoms with E-state index in [0.29, 0.717) is 41.2 Å². The SMILES string of the molecule is CC(C)n1c(=O)n(CC2CC2)c(=O)c2cc(NC(=O)N3CCOC(C(=O)Nc4cc(F)c(C#N)cc4F)C3)ccc21. The summed E-state index contributed by atoms with van der Waals surface area (Å²) in [4.78, 5) is 53.5. The topological polar surface area (TPSA) is 138 Å². The van der Waals surface area contributed by atoms with Crippen molar-refractivity contribution in [3.05, 3.63) is 68.4 Å². The van der Waals surface area contributed by atoms with E-state index < -0.39 is 46.5 Å². The van der Waals surface area contributed by atoms with E-state index >= 15 is 0 Å². The number of fused-ring (bicyclic) bond motifs is 1. The summed E-state index contributed by atoms with van der Waals surface area (Å²) in [5.74, 6) is -2.47. The van der Waals surface area contributed by atoms with Gasteiger partial charge in [0.25, 0.3) is 11.5 Å². The quantitative estimate of drug-likeness (QED) is 0.470. The Kier molecular flexibility index (Phi) is 7.59. The first-order valence-electron chi connectivity index (χ1n) is 13.2. The number of nitriles is 1. The zero-order valence-electron chi connectivity index (χ0n) is 22.4. The maximum atomic E-state index is 14.2. The van der Waals surface area contributed by atoms with Gasteiger partial charge < -0.3 is 20.3 Å². The van der Waals surface area contributed by atoms with Crippen LogP contribution in [0.4, 0.5) is 25.0 Å². The molecule has 13 heteroatoms. The summed E-state index contributed by atoms with van der Waals surface area (Å²) >= 11 is 0. The predicted molar refractivity (Wildman–Crippen MR) is 146 cm³/mol. The number of nitrogens with one attached hydrogen (secondary N) is 2. The number of hydrogen-bond donors (Lipinski definition) is 2. The first kappa shape index (κ1) is 28.0. The van der Waals surface area contributed by atoms with Gasteiger partial charge in [-0.15, -0.1) is 0 Å². The molecular weight excluding hydrogens is 538 g/mol. The molecule has 214 valence electrons. The van der Waals surface area contributed by atoms with Crippen LogP contribution >= 0.6 is 0 Å². The fraction of sp³-hybridized carbons (Fsp3) is 0.393. The molecule has 5 rings (SSSR count). The number of carbonyl (C=O) groups excluding carboxylic acids is 2. The summed E-state index contributed by atoms with van der Waals surface area (Å²) < 4.78 is 36.4. The number of anilines is 2. The fourth-order valence-electron chi connectivity index (χ4n) is 4.82. The average Bonchev–Trinajstić information content (AvgIpc) is 3.77. The molecule has 2 aliphatic rings. The van der Waals surface area contributed by atoms with E-state index in [1.807, 2.05) is 13.8 Å². The molecule has 2 heterocycles. The monoisotopic (exact) mass is 566 g/mol. The Labute approximate surface area is 232 Å². The molecule has 2 aromatic carbocycles. The van der Waals surface area contributed by atoms with E-state index in [1.54, 1.807) is 16.7 Å². The van der Waals surface area contributed by atoms with Gasteiger partial charge in [0.1, 0.15) is 17.7 Å². The highest BCUT2D eigenvalue weighted by Crippen LogP contribution is 2.30. The molecule has 2 fully saturated rings. The number of halogens is 2. The zero-order chi connectivity index (χ0) is 29.4. The molecular formula is C28H28F2N6O5. The molecule has 3 aromatic rings. The molecule has 0 spiro atoms. The van der Waals surface area contributed by atoms with Gasteiger partial charge in [-0.05, 0) is 56.9 Å². The number of carbonyl (C=O) groups is 2. The van der Waals surface area contributed by atoms with Crippen LogP contribution < -0.4 is 21.9 Å². The van der Waals surface area contributed by atoms with E-state index in [4.69, 9.17) is 10.00 Å². The van der Waals surface area contributed by atoms with Crippen molar-refractivity contribution in [3.63, 3.8) is 0 Å². The number of nitrogens with zero attached hydrogens (tertiary/aromatic N) is 4. The van der Waals surface area contributed by atoms with Crippen molar-refractivity contribution in [1.29, 1.82) is 5.26 Å². The summed E-state index contributed by atoms with van der Waals surface area (Å²) in [7, 11) is 0. The van der Waals surface area contributed by atoms with Crippen LogP contribution in [-0.4, -0.2) is 51.8 Å². The van der Waals surface area contributed by atoms with Crippen molar-refractivity contribution in [2.75, 3.05) is 30.3 Å². The van der Waals surface area contributed by atoms with Crippen LogP contribution in [0.5, 0.6) is 0 Å². The lowest BCUT2D eigenvalue weighted by Crippen LogP contribution is -2.51. The number of morpholine rings is 1. The minimum Gasteiger partial charge on any atom is -0.365 e. The lowest BCUT2D eigenvalue weighted by Gasteiger charge is -2.32. The van der Waals surface area contributed by atoms with Crippen LogP contribution in [0.3, 0.4) is 0 Å². The Morgan fingerprint density at radius 1 is 1.12 bits per heavy atom. The van der Waals surface area contributed by atoms with Gasteiger partial charge >= 0.3 is 11.7 Å². The Balaban J connectivity index is 1.33. The summed E-state index contributed by atoms with van der Waals surface area (Å²) in [6.07, 6.45) is 0.776. The van der Waals surface area contributed by atoms with Crippen molar-refractivity contribution in [2.24, 2.45) is 5.92 Å². The summed E-state index contributed by atoms with van der Waals surface area (Å²) in [6, 6.07) is 6.89. The maximum absolute atomic E-state index is 14.2. The van der Waals surface area contributed by atoms with Gasteiger partial charge in [0, 0.05) is 30.9 Å². The molecule has 1 aliphatic heterocycles. The Hall–Kier alpha value is -4.57. The van der Waals surface area contributed by atoms with Crippen LogP contribution in [0.1, 0.15) is 38.3 Å². The van der Waals surface area contributed by atoms with Crippen LogP contribution in [0, 0.1) is 28.9 Å². The second-order valence-corrected chi connectivity index (χ2v) is 10.5. The zero-order valence-corrected chi connectivity index (χ0v) is 22.4. The number of amides is 3. The number of rotatable bonds is 6. The van der Waals surface area contributed by atoms with Gasteiger partial charge in [-0.1, -0.05) is 0 Å². The minimum atomic E-state index is -1.17. The summed E-state index contributed by atoms with van der Waals surface area (Å²) in [5.41, 5.74) is -0.939. The molecule has 1 aromatic heterocycles. The molecule has 1 unspecified atom stereocenters. The highest BCUT2D eigenvalue weighted by Gasteiger charge is 2.30. The van der Waals surface area contributed by atoms with E-state index in [9.17, 15) is 28.0 Å². The highest BCUT2D eigenvalue weighted by molar-refractivity contribution is 5.96. The number of benzene rings is 2. The summed E-state index contributed by atoms with van der Waals surface area (Å²) in [5, 5.41) is 14.1. The van der Waals surface area contributed by atoms with E-state index in [2.05, 4.69) is 10.6 Å². The molecule has 1 aliphatic carbocycles. The number of urea groups is 1. The minimum absolute atomic E-state index is 0.0139. The van der Waals surface area contributed by atoms with Crippen LogP contribution in [0.25, 0.3) is 10.9 Å². The molecule has 0 bridgehead atoms. The van der Waals surface area contributed by atoms with Gasteiger partial charge in [-0.3, -0.25) is 18.7 Å². The third kappa shape index (κ3) is 5.69. The van der Waals surface area contributed by atoms with Crippen LogP contribution in [0.15, 0.2) is 39.9 Å². The Morgan fingerprint density at radius 2 is 1.88 bits per heavy atom. The molecule has 3 amide bonds. The lowest BCUT2D eigenvalue weighted by atomic mass is 10.2. The number of ether oxygens (including phenoxy) is 1. The van der Waals surface area contributed by atoms with Crippen molar-refractivity contribution in [2.45, 2.75) is 45.4 Å². The molecule has 2 N–H and O–H groups in total. The lowest BCUT2D eigenvalue weighted by molar-refractivity contribution is -0.131.